The summed E-state index contributed by atoms with van der Waals surface area (Å²) < 4.78 is 24.6. The summed E-state index contributed by atoms with van der Waals surface area (Å²) in [4.78, 5) is 2.31. The lowest BCUT2D eigenvalue weighted by molar-refractivity contribution is 0.00760. The fourth-order valence-corrected chi connectivity index (χ4v) is 1.23. The van der Waals surface area contributed by atoms with E-state index in [1.807, 2.05) is 0 Å². The molecule has 0 spiro atoms. The SMILES string of the molecule is FC1(F)CC[C@@H](NCl)C1. The third-order valence-electron chi connectivity index (χ3n) is 1.56. The van der Waals surface area contributed by atoms with Crippen LogP contribution in [0.1, 0.15) is 19.3 Å². The van der Waals surface area contributed by atoms with E-state index in [1.54, 1.807) is 0 Å². The largest absolute Gasteiger partial charge is 0.249 e. The van der Waals surface area contributed by atoms with Crippen LogP contribution in [0.25, 0.3) is 0 Å². The Hall–Kier alpha value is 0.110. The predicted molar refractivity (Wildman–Crippen MR) is 31.6 cm³/mol. The molecule has 1 N–H and O–H groups in total. The smallest absolute Gasteiger partial charge is 0.230 e. The van der Waals surface area contributed by atoms with Crippen molar-refractivity contribution in [1.29, 1.82) is 0 Å². The van der Waals surface area contributed by atoms with Crippen LogP contribution in [0.15, 0.2) is 0 Å². The van der Waals surface area contributed by atoms with E-state index in [1.165, 1.54) is 0 Å². The maximum absolute atomic E-state index is 12.3. The highest BCUT2D eigenvalue weighted by Crippen LogP contribution is 2.34. The molecule has 0 aliphatic heterocycles. The molecule has 1 saturated carbocycles. The molecule has 0 radical (unpaired) electrons. The number of hydrogen-bond donors (Lipinski definition) is 1. The first kappa shape index (κ1) is 7.22. The van der Waals surface area contributed by atoms with Crippen LogP contribution in [0.2, 0.25) is 0 Å². The van der Waals surface area contributed by atoms with Gasteiger partial charge in [0.1, 0.15) is 0 Å². The average molecular weight is 156 g/mol. The van der Waals surface area contributed by atoms with Crippen LogP contribution in [0.3, 0.4) is 0 Å². The fraction of sp³-hybridized carbons (Fsp3) is 1.00. The van der Waals surface area contributed by atoms with Crippen molar-refractivity contribution in [2.75, 3.05) is 0 Å². The van der Waals surface area contributed by atoms with Gasteiger partial charge in [0.2, 0.25) is 5.92 Å². The zero-order chi connectivity index (χ0) is 6.91. The standard InChI is InChI=1S/C5H8ClF2N/c6-9-4-1-2-5(7,8)3-4/h4,9H,1-3H2/t4-/m1/s1. The normalized spacial score (nSPS) is 33.0. The third-order valence-corrected chi connectivity index (χ3v) is 1.87. The van der Waals surface area contributed by atoms with Gasteiger partial charge in [-0.2, -0.15) is 0 Å². The van der Waals surface area contributed by atoms with E-state index >= 15 is 0 Å². The first-order chi connectivity index (χ1) is 4.14. The van der Waals surface area contributed by atoms with E-state index in [2.05, 4.69) is 4.84 Å². The van der Waals surface area contributed by atoms with Crippen molar-refractivity contribution in [3.05, 3.63) is 0 Å². The van der Waals surface area contributed by atoms with Crippen LogP contribution in [0, 0.1) is 0 Å². The van der Waals surface area contributed by atoms with Crippen LogP contribution >= 0.6 is 11.8 Å². The van der Waals surface area contributed by atoms with Crippen LogP contribution < -0.4 is 4.84 Å². The Kier molecular flexibility index (Phi) is 1.91. The van der Waals surface area contributed by atoms with Gasteiger partial charge >= 0.3 is 0 Å². The van der Waals surface area contributed by atoms with Gasteiger partial charge in [-0.25, -0.2) is 13.6 Å². The third kappa shape index (κ3) is 1.76. The second-order valence-corrected chi connectivity index (χ2v) is 2.62. The molecule has 1 rings (SSSR count). The Labute approximate surface area is 57.5 Å². The number of alkyl halides is 2. The van der Waals surface area contributed by atoms with Crippen molar-refractivity contribution in [3.8, 4) is 0 Å². The first-order valence-electron chi connectivity index (χ1n) is 2.88. The molecule has 1 aliphatic carbocycles. The van der Waals surface area contributed by atoms with E-state index in [0.717, 1.165) is 0 Å². The lowest BCUT2D eigenvalue weighted by Gasteiger charge is -2.06. The Morgan fingerprint density at radius 1 is 1.56 bits per heavy atom. The summed E-state index contributed by atoms with van der Waals surface area (Å²) in [5.74, 6) is -2.48. The van der Waals surface area contributed by atoms with Crippen LogP contribution in [-0.4, -0.2) is 12.0 Å². The molecule has 1 fully saturated rings. The molecule has 0 amide bonds. The quantitative estimate of drug-likeness (QED) is 0.571. The van der Waals surface area contributed by atoms with Gasteiger partial charge in [0, 0.05) is 18.9 Å². The molecule has 0 aromatic rings. The van der Waals surface area contributed by atoms with Gasteiger partial charge in [-0.15, -0.1) is 0 Å². The van der Waals surface area contributed by atoms with Gasteiger partial charge in [-0.3, -0.25) is 0 Å². The number of nitrogens with one attached hydrogen (secondary N) is 1. The maximum atomic E-state index is 12.3. The molecule has 1 atom stereocenters. The number of hydrogen-bond acceptors (Lipinski definition) is 1. The highest BCUT2D eigenvalue weighted by molar-refractivity contribution is 6.13. The highest BCUT2D eigenvalue weighted by Gasteiger charge is 2.38. The summed E-state index contributed by atoms with van der Waals surface area (Å²) in [6, 6.07) is -0.193. The van der Waals surface area contributed by atoms with Crippen molar-refractivity contribution >= 4 is 11.8 Å². The fourth-order valence-electron chi connectivity index (χ4n) is 1.04. The molecule has 1 nitrogen and oxygen atoms in total. The predicted octanol–water partition coefficient (Wildman–Crippen LogP) is 1.92. The van der Waals surface area contributed by atoms with Gasteiger partial charge in [0.05, 0.1) is 0 Å². The van der Waals surface area contributed by atoms with E-state index < -0.39 is 5.92 Å². The topological polar surface area (TPSA) is 12.0 Å². The minimum absolute atomic E-state index is 0.0304. The van der Waals surface area contributed by atoms with Gasteiger partial charge in [-0.1, -0.05) is 0 Å². The highest BCUT2D eigenvalue weighted by atomic mass is 35.5. The molecule has 9 heavy (non-hydrogen) atoms. The van der Waals surface area contributed by atoms with E-state index in [0.29, 0.717) is 6.42 Å². The Morgan fingerprint density at radius 3 is 2.44 bits per heavy atom. The lowest BCUT2D eigenvalue weighted by Crippen LogP contribution is -2.19. The zero-order valence-electron chi connectivity index (χ0n) is 4.83. The molecule has 4 heteroatoms. The molecule has 0 aromatic carbocycles. The summed E-state index contributed by atoms with van der Waals surface area (Å²) in [6.45, 7) is 0. The Balaban J connectivity index is 2.38. The van der Waals surface area contributed by atoms with Crippen LogP contribution in [0.5, 0.6) is 0 Å². The summed E-state index contributed by atoms with van der Waals surface area (Å²) in [5, 5.41) is 0. The van der Waals surface area contributed by atoms with Crippen molar-refractivity contribution in [3.63, 3.8) is 0 Å². The van der Waals surface area contributed by atoms with Crippen molar-refractivity contribution in [1.82, 2.24) is 4.84 Å². The van der Waals surface area contributed by atoms with Crippen molar-refractivity contribution < 1.29 is 8.78 Å². The van der Waals surface area contributed by atoms with Gasteiger partial charge in [0.15, 0.2) is 0 Å². The molecular weight excluding hydrogens is 148 g/mol. The molecule has 1 aliphatic rings. The summed E-state index contributed by atoms with van der Waals surface area (Å²) >= 11 is 5.15. The molecule has 54 valence electrons. The molecular formula is C5H8ClF2N. The molecule has 0 aromatic heterocycles. The Bertz CT molecular complexity index is 107. The van der Waals surface area contributed by atoms with E-state index in [9.17, 15) is 8.78 Å². The van der Waals surface area contributed by atoms with Crippen LogP contribution in [0.4, 0.5) is 8.78 Å². The minimum Gasteiger partial charge on any atom is -0.230 e. The second kappa shape index (κ2) is 2.39. The van der Waals surface area contributed by atoms with Crippen molar-refractivity contribution in [2.45, 2.75) is 31.2 Å². The maximum Gasteiger partial charge on any atom is 0.249 e. The van der Waals surface area contributed by atoms with Crippen molar-refractivity contribution in [2.24, 2.45) is 0 Å². The number of rotatable bonds is 1. The molecule has 0 heterocycles. The monoisotopic (exact) mass is 155 g/mol. The van der Waals surface area contributed by atoms with Gasteiger partial charge < -0.3 is 0 Å². The first-order valence-corrected chi connectivity index (χ1v) is 3.26. The summed E-state index contributed by atoms with van der Waals surface area (Å²) in [6.07, 6.45) is 0.338. The molecule has 0 unspecified atom stereocenters. The average Bonchev–Trinajstić information content (AvgIpc) is 2.10. The lowest BCUT2D eigenvalue weighted by atomic mass is 10.3. The van der Waals surface area contributed by atoms with Gasteiger partial charge in [-0.05, 0) is 18.2 Å². The number of halogens is 3. The minimum atomic E-state index is -2.48. The van der Waals surface area contributed by atoms with Crippen LogP contribution in [-0.2, 0) is 0 Å². The van der Waals surface area contributed by atoms with E-state index in [-0.39, 0.29) is 18.9 Å². The molecule has 0 saturated heterocycles. The zero-order valence-corrected chi connectivity index (χ0v) is 5.59. The summed E-state index contributed by atoms with van der Waals surface area (Å²) in [7, 11) is 0. The summed E-state index contributed by atoms with van der Waals surface area (Å²) in [5.41, 5.74) is 0. The Morgan fingerprint density at radius 2 is 2.22 bits per heavy atom. The van der Waals surface area contributed by atoms with Gasteiger partial charge in [0.25, 0.3) is 0 Å². The molecule has 0 bridgehead atoms. The second-order valence-electron chi connectivity index (χ2n) is 2.40. The van der Waals surface area contributed by atoms with E-state index in [4.69, 9.17) is 11.8 Å².